The van der Waals surface area contributed by atoms with Crippen molar-refractivity contribution in [2.24, 2.45) is 0 Å². The molecule has 110 valence electrons. The number of rotatable bonds is 4. The first-order valence-electron chi connectivity index (χ1n) is 6.51. The molecule has 1 aliphatic heterocycles. The Balaban J connectivity index is 2.60. The minimum Gasteiger partial charge on any atom is -0.481 e. The highest BCUT2D eigenvalue weighted by Crippen LogP contribution is 2.24. The summed E-state index contributed by atoms with van der Waals surface area (Å²) in [7, 11) is 1.65. The first-order chi connectivity index (χ1) is 8.67. The number of carbonyl (C=O) groups excluding carboxylic acids is 1. The molecule has 0 aliphatic carbocycles. The fraction of sp³-hybridized carbons (Fsp3) is 0.846. The largest absolute Gasteiger partial charge is 0.481 e. The molecule has 2 N–H and O–H groups in total. The summed E-state index contributed by atoms with van der Waals surface area (Å²) in [6.07, 6.45) is 1.71. The second-order valence-corrected chi connectivity index (χ2v) is 6.06. The van der Waals surface area contributed by atoms with Crippen molar-refractivity contribution in [2.75, 3.05) is 20.2 Å². The Morgan fingerprint density at radius 1 is 1.47 bits per heavy atom. The summed E-state index contributed by atoms with van der Waals surface area (Å²) in [5.41, 5.74) is -1.07. The monoisotopic (exact) mass is 272 g/mol. The van der Waals surface area contributed by atoms with Gasteiger partial charge in [0.2, 0.25) is 0 Å². The van der Waals surface area contributed by atoms with Crippen molar-refractivity contribution >= 4 is 12.0 Å². The van der Waals surface area contributed by atoms with Crippen molar-refractivity contribution in [3.05, 3.63) is 0 Å². The lowest BCUT2D eigenvalue weighted by atomic mass is 9.95. The highest BCUT2D eigenvalue weighted by molar-refractivity contribution is 5.77. The zero-order chi connectivity index (χ0) is 14.7. The molecular weight excluding hydrogens is 248 g/mol. The van der Waals surface area contributed by atoms with E-state index < -0.39 is 11.5 Å². The van der Waals surface area contributed by atoms with E-state index in [0.29, 0.717) is 13.1 Å². The van der Waals surface area contributed by atoms with Crippen LogP contribution in [0.3, 0.4) is 0 Å². The van der Waals surface area contributed by atoms with Crippen LogP contribution in [0.15, 0.2) is 0 Å². The third-order valence-electron chi connectivity index (χ3n) is 3.48. The number of nitrogens with one attached hydrogen (secondary N) is 1. The standard InChI is InChI=1S/C13H24N2O4/c1-12(2,8-10(16)17)14-11(18)15-7-5-6-13(3,9-15)19-4/h5-9H2,1-4H3,(H,14,18)(H,16,17). The molecule has 0 radical (unpaired) electrons. The van der Waals surface area contributed by atoms with Gasteiger partial charge < -0.3 is 20.1 Å². The number of aliphatic carboxylic acids is 1. The molecule has 1 unspecified atom stereocenters. The van der Waals surface area contributed by atoms with Gasteiger partial charge in [0.1, 0.15) is 0 Å². The van der Waals surface area contributed by atoms with Crippen LogP contribution >= 0.6 is 0 Å². The van der Waals surface area contributed by atoms with Crippen molar-refractivity contribution < 1.29 is 19.4 Å². The molecule has 0 aromatic carbocycles. The quantitative estimate of drug-likeness (QED) is 0.812. The second kappa shape index (κ2) is 5.77. The van der Waals surface area contributed by atoms with Crippen LogP contribution in [0.4, 0.5) is 4.79 Å². The van der Waals surface area contributed by atoms with Crippen LogP contribution in [0.5, 0.6) is 0 Å². The lowest BCUT2D eigenvalue weighted by Crippen LogP contribution is -2.56. The molecule has 1 heterocycles. The number of nitrogens with zero attached hydrogens (tertiary/aromatic N) is 1. The van der Waals surface area contributed by atoms with Gasteiger partial charge in [-0.2, -0.15) is 0 Å². The normalized spacial score (nSPS) is 24.1. The molecule has 0 saturated carbocycles. The van der Waals surface area contributed by atoms with Crippen LogP contribution in [0.25, 0.3) is 0 Å². The molecule has 0 spiro atoms. The van der Waals surface area contributed by atoms with Crippen molar-refractivity contribution in [2.45, 2.75) is 51.2 Å². The fourth-order valence-corrected chi connectivity index (χ4v) is 2.34. The Labute approximate surface area is 114 Å². The van der Waals surface area contributed by atoms with Gasteiger partial charge in [0.25, 0.3) is 0 Å². The summed E-state index contributed by atoms with van der Waals surface area (Å²) < 4.78 is 5.44. The summed E-state index contributed by atoms with van der Waals surface area (Å²) in [5, 5.41) is 11.6. The molecule has 1 fully saturated rings. The van der Waals surface area contributed by atoms with Crippen molar-refractivity contribution in [1.82, 2.24) is 10.2 Å². The van der Waals surface area contributed by atoms with Crippen LogP contribution in [-0.4, -0.2) is 53.3 Å². The van der Waals surface area contributed by atoms with Gasteiger partial charge in [0.05, 0.1) is 18.6 Å². The van der Waals surface area contributed by atoms with Crippen LogP contribution in [0.1, 0.15) is 40.0 Å². The molecule has 1 rings (SSSR count). The smallest absolute Gasteiger partial charge is 0.317 e. The van der Waals surface area contributed by atoms with Gasteiger partial charge >= 0.3 is 12.0 Å². The Hall–Kier alpha value is -1.30. The topological polar surface area (TPSA) is 78.9 Å². The van der Waals surface area contributed by atoms with Crippen LogP contribution in [0.2, 0.25) is 0 Å². The van der Waals surface area contributed by atoms with E-state index in [1.807, 2.05) is 6.92 Å². The minimum absolute atomic E-state index is 0.103. The molecule has 0 aromatic heterocycles. The number of carbonyl (C=O) groups is 2. The number of ether oxygens (including phenoxy) is 1. The predicted molar refractivity (Wildman–Crippen MR) is 71.1 cm³/mol. The number of carboxylic acid groups (broad SMARTS) is 1. The summed E-state index contributed by atoms with van der Waals surface area (Å²) >= 11 is 0. The van der Waals surface area contributed by atoms with Crippen molar-refractivity contribution in [3.8, 4) is 0 Å². The maximum Gasteiger partial charge on any atom is 0.317 e. The van der Waals surface area contributed by atoms with Gasteiger partial charge in [0.15, 0.2) is 0 Å². The summed E-state index contributed by atoms with van der Waals surface area (Å²) in [6.45, 7) is 6.60. The second-order valence-electron chi connectivity index (χ2n) is 6.06. The number of hydrogen-bond donors (Lipinski definition) is 2. The fourth-order valence-electron chi connectivity index (χ4n) is 2.34. The molecule has 0 bridgehead atoms. The molecule has 0 aromatic rings. The minimum atomic E-state index is -0.925. The van der Waals surface area contributed by atoms with E-state index in [2.05, 4.69) is 5.32 Å². The molecule has 1 aliphatic rings. The average Bonchev–Trinajstić information content (AvgIpc) is 2.26. The average molecular weight is 272 g/mol. The molecule has 6 heteroatoms. The van der Waals surface area contributed by atoms with Crippen LogP contribution in [-0.2, 0) is 9.53 Å². The van der Waals surface area contributed by atoms with E-state index >= 15 is 0 Å². The van der Waals surface area contributed by atoms with Crippen molar-refractivity contribution in [3.63, 3.8) is 0 Å². The van der Waals surface area contributed by atoms with Crippen LogP contribution in [0, 0.1) is 0 Å². The van der Waals surface area contributed by atoms with E-state index in [-0.39, 0.29) is 18.1 Å². The first-order valence-corrected chi connectivity index (χ1v) is 6.51. The number of hydrogen-bond acceptors (Lipinski definition) is 3. The number of carboxylic acids is 1. The molecule has 2 amide bonds. The highest BCUT2D eigenvalue weighted by atomic mass is 16.5. The number of likely N-dealkylation sites (tertiary alicyclic amines) is 1. The Kier molecular flexibility index (Phi) is 4.79. The van der Waals surface area contributed by atoms with Crippen molar-refractivity contribution in [1.29, 1.82) is 0 Å². The number of amides is 2. The zero-order valence-corrected chi connectivity index (χ0v) is 12.2. The highest BCUT2D eigenvalue weighted by Gasteiger charge is 2.34. The number of piperidine rings is 1. The Morgan fingerprint density at radius 2 is 2.11 bits per heavy atom. The SMILES string of the molecule is COC1(C)CCCN(C(=O)NC(C)(C)CC(=O)O)C1. The molecule has 1 saturated heterocycles. The van der Waals surface area contributed by atoms with Gasteiger partial charge in [0, 0.05) is 19.2 Å². The number of methoxy groups -OCH3 is 1. The Morgan fingerprint density at radius 3 is 2.63 bits per heavy atom. The van der Waals surface area contributed by atoms with Crippen LogP contribution < -0.4 is 5.32 Å². The lowest BCUT2D eigenvalue weighted by Gasteiger charge is -2.40. The van der Waals surface area contributed by atoms with Gasteiger partial charge in [-0.3, -0.25) is 4.79 Å². The number of urea groups is 1. The van der Waals surface area contributed by atoms with Gasteiger partial charge in [-0.25, -0.2) is 4.79 Å². The van der Waals surface area contributed by atoms with E-state index in [9.17, 15) is 9.59 Å². The maximum absolute atomic E-state index is 12.2. The third kappa shape index (κ3) is 4.70. The summed E-state index contributed by atoms with van der Waals surface area (Å²) in [4.78, 5) is 24.6. The lowest BCUT2D eigenvalue weighted by molar-refractivity contribution is -0.138. The van der Waals surface area contributed by atoms with E-state index in [1.54, 1.807) is 25.9 Å². The van der Waals surface area contributed by atoms with E-state index in [0.717, 1.165) is 12.8 Å². The van der Waals surface area contributed by atoms with E-state index in [1.165, 1.54) is 0 Å². The predicted octanol–water partition coefficient (Wildman–Crippen LogP) is 1.45. The van der Waals surface area contributed by atoms with Gasteiger partial charge in [-0.05, 0) is 33.6 Å². The Bertz CT molecular complexity index is 357. The first kappa shape index (κ1) is 15.8. The zero-order valence-electron chi connectivity index (χ0n) is 12.2. The van der Waals surface area contributed by atoms with Gasteiger partial charge in [-0.1, -0.05) is 0 Å². The van der Waals surface area contributed by atoms with Gasteiger partial charge in [-0.15, -0.1) is 0 Å². The maximum atomic E-state index is 12.2. The van der Waals surface area contributed by atoms with E-state index in [4.69, 9.17) is 9.84 Å². The molecule has 19 heavy (non-hydrogen) atoms. The molecular formula is C13H24N2O4. The molecule has 6 nitrogen and oxygen atoms in total. The summed E-state index contributed by atoms with van der Waals surface area (Å²) in [6, 6.07) is -0.228. The summed E-state index contributed by atoms with van der Waals surface area (Å²) in [5.74, 6) is -0.925. The third-order valence-corrected chi connectivity index (χ3v) is 3.48. The molecule has 1 atom stereocenters.